The molecule has 1 heterocycles. The summed E-state index contributed by atoms with van der Waals surface area (Å²) in [7, 11) is -2.00. The van der Waals surface area contributed by atoms with Crippen LogP contribution in [0.1, 0.15) is 5.56 Å². The van der Waals surface area contributed by atoms with Crippen LogP contribution in [0.15, 0.2) is 46.0 Å². The van der Waals surface area contributed by atoms with Crippen LogP contribution < -0.4 is 0 Å². The lowest BCUT2D eigenvalue weighted by Gasteiger charge is -2.16. The van der Waals surface area contributed by atoms with Crippen LogP contribution in [0, 0.1) is 0 Å². The summed E-state index contributed by atoms with van der Waals surface area (Å²) in [4.78, 5) is 0.173. The molecule has 0 saturated carbocycles. The molecule has 0 aliphatic carbocycles. The number of alkyl halides is 1. The fraction of sp³-hybridized carbons (Fsp3) is 0.308. The van der Waals surface area contributed by atoms with E-state index in [1.807, 2.05) is 24.3 Å². The molecule has 5 nitrogen and oxygen atoms in total. The van der Waals surface area contributed by atoms with Gasteiger partial charge in [0.15, 0.2) is 0 Å². The fourth-order valence-electron chi connectivity index (χ4n) is 1.80. The number of rotatable bonds is 6. The second-order valence-corrected chi connectivity index (χ2v) is 7.85. The number of halogens is 2. The smallest absolute Gasteiger partial charge is 0.246 e. The third-order valence-corrected chi connectivity index (χ3v) is 5.40. The van der Waals surface area contributed by atoms with Crippen molar-refractivity contribution in [3.05, 3.63) is 46.7 Å². The van der Waals surface area contributed by atoms with E-state index in [-0.39, 0.29) is 4.90 Å². The first-order chi connectivity index (χ1) is 9.93. The number of sulfonamides is 1. The monoisotopic (exact) mass is 391 g/mol. The summed E-state index contributed by atoms with van der Waals surface area (Å²) in [5.74, 6) is 0.385. The van der Waals surface area contributed by atoms with Crippen molar-refractivity contribution in [2.75, 3.05) is 12.9 Å². The van der Waals surface area contributed by atoms with E-state index in [2.05, 4.69) is 21.0 Å². The van der Waals surface area contributed by atoms with E-state index in [9.17, 15) is 8.42 Å². The molecule has 2 rings (SSSR count). The standard InChI is InChI=1S/C13H15BrClN3O2S/c1-17(9-11-2-4-12(14)5-3-11)21(19,20)13-8-16-18(10-13)7-6-15/h2-5,8,10H,6-7,9H2,1H3. The van der Waals surface area contributed by atoms with Gasteiger partial charge in [-0.15, -0.1) is 11.6 Å². The molecule has 1 aromatic carbocycles. The van der Waals surface area contributed by atoms with Gasteiger partial charge in [-0.25, -0.2) is 8.42 Å². The predicted molar refractivity (Wildman–Crippen MR) is 85.7 cm³/mol. The number of aromatic nitrogens is 2. The van der Waals surface area contributed by atoms with Crippen molar-refractivity contribution in [1.82, 2.24) is 14.1 Å². The lowest BCUT2D eigenvalue weighted by atomic mass is 10.2. The van der Waals surface area contributed by atoms with Gasteiger partial charge in [0.25, 0.3) is 0 Å². The molecular weight excluding hydrogens is 378 g/mol. The minimum atomic E-state index is -3.55. The van der Waals surface area contributed by atoms with Gasteiger partial charge in [-0.05, 0) is 17.7 Å². The molecular formula is C13H15BrClN3O2S. The molecule has 0 fully saturated rings. The molecule has 0 aliphatic heterocycles. The van der Waals surface area contributed by atoms with Gasteiger partial charge < -0.3 is 0 Å². The highest BCUT2D eigenvalue weighted by molar-refractivity contribution is 9.10. The van der Waals surface area contributed by atoms with Crippen LogP contribution in [0.5, 0.6) is 0 Å². The zero-order chi connectivity index (χ0) is 15.5. The molecule has 0 saturated heterocycles. The first-order valence-electron chi connectivity index (χ1n) is 6.22. The van der Waals surface area contributed by atoms with Gasteiger partial charge in [0.05, 0.1) is 12.7 Å². The Hall–Kier alpha value is -0.890. The van der Waals surface area contributed by atoms with Crippen LogP contribution in [0.25, 0.3) is 0 Å². The fourth-order valence-corrected chi connectivity index (χ4v) is 3.35. The molecule has 0 unspecified atom stereocenters. The van der Waals surface area contributed by atoms with Crippen molar-refractivity contribution in [2.45, 2.75) is 18.0 Å². The molecule has 0 bridgehead atoms. The lowest BCUT2D eigenvalue weighted by Crippen LogP contribution is -2.26. The van der Waals surface area contributed by atoms with Crippen molar-refractivity contribution < 1.29 is 8.42 Å². The van der Waals surface area contributed by atoms with Crippen molar-refractivity contribution in [2.24, 2.45) is 0 Å². The number of benzene rings is 1. The van der Waals surface area contributed by atoms with Crippen LogP contribution in [0.2, 0.25) is 0 Å². The molecule has 8 heteroatoms. The first-order valence-corrected chi connectivity index (χ1v) is 8.99. The van der Waals surface area contributed by atoms with E-state index in [1.54, 1.807) is 7.05 Å². The number of nitrogens with zero attached hydrogens (tertiary/aromatic N) is 3. The minimum Gasteiger partial charge on any atom is -0.270 e. The quantitative estimate of drug-likeness (QED) is 0.710. The normalized spacial score (nSPS) is 12.0. The van der Waals surface area contributed by atoms with Gasteiger partial charge in [-0.3, -0.25) is 4.68 Å². The number of aryl methyl sites for hydroxylation is 1. The molecule has 1 aromatic heterocycles. The Kier molecular flexibility index (Phi) is 5.43. The van der Waals surface area contributed by atoms with E-state index >= 15 is 0 Å². The summed E-state index contributed by atoms with van der Waals surface area (Å²) in [5.41, 5.74) is 0.914. The van der Waals surface area contributed by atoms with E-state index in [0.717, 1.165) is 10.0 Å². The third kappa shape index (κ3) is 4.06. The van der Waals surface area contributed by atoms with E-state index in [4.69, 9.17) is 11.6 Å². The minimum absolute atomic E-state index is 0.173. The second kappa shape index (κ2) is 6.91. The average Bonchev–Trinajstić information content (AvgIpc) is 2.91. The Bertz CT molecular complexity index is 700. The maximum absolute atomic E-state index is 12.5. The van der Waals surface area contributed by atoms with E-state index < -0.39 is 10.0 Å². The van der Waals surface area contributed by atoms with Gasteiger partial charge in [-0.1, -0.05) is 28.1 Å². The maximum atomic E-state index is 12.5. The molecule has 0 aliphatic rings. The average molecular weight is 393 g/mol. The van der Waals surface area contributed by atoms with E-state index in [1.165, 1.54) is 21.4 Å². The van der Waals surface area contributed by atoms with Gasteiger partial charge in [-0.2, -0.15) is 9.40 Å². The SMILES string of the molecule is CN(Cc1ccc(Br)cc1)S(=O)(=O)c1cnn(CCCl)c1. The van der Waals surface area contributed by atoms with E-state index in [0.29, 0.717) is 19.0 Å². The number of hydrogen-bond acceptors (Lipinski definition) is 3. The third-order valence-electron chi connectivity index (χ3n) is 2.95. The van der Waals surface area contributed by atoms with Crippen LogP contribution in [0.3, 0.4) is 0 Å². The van der Waals surface area contributed by atoms with Crippen LogP contribution >= 0.6 is 27.5 Å². The molecule has 114 valence electrons. The second-order valence-electron chi connectivity index (χ2n) is 4.52. The number of hydrogen-bond donors (Lipinski definition) is 0. The largest absolute Gasteiger partial charge is 0.270 e. The summed E-state index contributed by atoms with van der Waals surface area (Å²) in [6, 6.07) is 7.53. The summed E-state index contributed by atoms with van der Waals surface area (Å²) < 4.78 is 28.7. The Balaban J connectivity index is 2.15. The zero-order valence-corrected chi connectivity index (χ0v) is 14.6. The van der Waals surface area contributed by atoms with Gasteiger partial charge in [0.1, 0.15) is 4.90 Å². The molecule has 0 amide bonds. The van der Waals surface area contributed by atoms with Gasteiger partial charge in [0.2, 0.25) is 10.0 Å². The molecule has 21 heavy (non-hydrogen) atoms. The highest BCUT2D eigenvalue weighted by Crippen LogP contribution is 2.17. The molecule has 0 atom stereocenters. The lowest BCUT2D eigenvalue weighted by molar-refractivity contribution is 0.466. The Morgan fingerprint density at radius 2 is 2.00 bits per heavy atom. The maximum Gasteiger partial charge on any atom is 0.246 e. The molecule has 2 aromatic rings. The zero-order valence-electron chi connectivity index (χ0n) is 11.4. The molecule has 0 spiro atoms. The highest BCUT2D eigenvalue weighted by atomic mass is 79.9. The predicted octanol–water partition coefficient (Wildman–Crippen LogP) is 2.71. The van der Waals surface area contributed by atoms with Crippen LogP contribution in [-0.2, 0) is 23.1 Å². The van der Waals surface area contributed by atoms with Crippen molar-refractivity contribution >= 4 is 37.6 Å². The summed E-state index contributed by atoms with van der Waals surface area (Å²) in [5, 5.41) is 3.99. The van der Waals surface area contributed by atoms with Crippen LogP contribution in [-0.4, -0.2) is 35.4 Å². The van der Waals surface area contributed by atoms with Gasteiger partial charge in [0, 0.05) is 30.1 Å². The first kappa shape index (κ1) is 16.5. The summed E-state index contributed by atoms with van der Waals surface area (Å²) >= 11 is 8.97. The summed E-state index contributed by atoms with van der Waals surface area (Å²) in [6.07, 6.45) is 2.84. The van der Waals surface area contributed by atoms with Crippen molar-refractivity contribution in [3.63, 3.8) is 0 Å². The summed E-state index contributed by atoms with van der Waals surface area (Å²) in [6.45, 7) is 0.782. The molecule has 0 radical (unpaired) electrons. The molecule has 0 N–H and O–H groups in total. The van der Waals surface area contributed by atoms with Crippen molar-refractivity contribution in [3.8, 4) is 0 Å². The van der Waals surface area contributed by atoms with Crippen LogP contribution in [0.4, 0.5) is 0 Å². The Morgan fingerprint density at radius 3 is 2.62 bits per heavy atom. The Labute approximate surface area is 137 Å². The van der Waals surface area contributed by atoms with Gasteiger partial charge >= 0.3 is 0 Å². The highest BCUT2D eigenvalue weighted by Gasteiger charge is 2.22. The Morgan fingerprint density at radius 1 is 1.33 bits per heavy atom. The van der Waals surface area contributed by atoms with Crippen molar-refractivity contribution in [1.29, 1.82) is 0 Å². The topological polar surface area (TPSA) is 55.2 Å².